The molecular formula is C23H23N3O5. The fourth-order valence-corrected chi connectivity index (χ4v) is 2.94. The van der Waals surface area contributed by atoms with Crippen LogP contribution in [0.15, 0.2) is 72.6 Å². The monoisotopic (exact) mass is 421 g/mol. The number of rotatable bonds is 9. The Morgan fingerprint density at radius 2 is 1.87 bits per heavy atom. The molecule has 0 saturated heterocycles. The maximum atomic E-state index is 12.5. The van der Waals surface area contributed by atoms with Gasteiger partial charge >= 0.3 is 11.7 Å². The smallest absolute Gasteiger partial charge is 0.333 e. The number of ether oxygens (including phenoxy) is 1. The van der Waals surface area contributed by atoms with E-state index in [1.165, 1.54) is 11.5 Å². The number of aromatic amines is 1. The third-order valence-electron chi connectivity index (χ3n) is 4.38. The lowest BCUT2D eigenvalue weighted by Crippen LogP contribution is -2.15. The molecule has 8 nitrogen and oxygen atoms in total. The maximum Gasteiger partial charge on any atom is 0.333 e. The van der Waals surface area contributed by atoms with E-state index in [1.807, 2.05) is 0 Å². The number of hydroxylamine groups is 1. The number of hydrogen-bond donors (Lipinski definition) is 3. The van der Waals surface area contributed by atoms with Crippen LogP contribution in [0.5, 0.6) is 11.6 Å². The zero-order chi connectivity index (χ0) is 22.4. The van der Waals surface area contributed by atoms with Crippen LogP contribution in [-0.4, -0.2) is 27.2 Å². The molecular weight excluding hydrogens is 398 g/mol. The highest BCUT2D eigenvalue weighted by Crippen LogP contribution is 2.23. The fourth-order valence-electron chi connectivity index (χ4n) is 2.94. The number of esters is 1. The van der Waals surface area contributed by atoms with E-state index in [-0.39, 0.29) is 5.88 Å². The SMILES string of the molecule is C=CCONC(=C)c1ccc(-n2c(O)c(Cc3ccc(OC(C)=O)cc3)[nH]c2=O)cc1. The molecule has 8 heteroatoms. The van der Waals surface area contributed by atoms with E-state index in [2.05, 4.69) is 23.6 Å². The van der Waals surface area contributed by atoms with E-state index in [0.29, 0.717) is 35.9 Å². The van der Waals surface area contributed by atoms with E-state index in [9.17, 15) is 14.7 Å². The molecule has 160 valence electrons. The third-order valence-corrected chi connectivity index (χ3v) is 4.38. The van der Waals surface area contributed by atoms with Gasteiger partial charge in [-0.2, -0.15) is 0 Å². The number of nitrogens with zero attached hydrogens (tertiary/aromatic N) is 1. The Kier molecular flexibility index (Phi) is 6.74. The molecule has 31 heavy (non-hydrogen) atoms. The van der Waals surface area contributed by atoms with Crippen LogP contribution in [-0.2, 0) is 16.1 Å². The first-order valence-corrected chi connectivity index (χ1v) is 9.47. The minimum Gasteiger partial charge on any atom is -0.493 e. The predicted octanol–water partition coefficient (Wildman–Crippen LogP) is 3.07. The van der Waals surface area contributed by atoms with Crippen LogP contribution >= 0.6 is 0 Å². The van der Waals surface area contributed by atoms with Gasteiger partial charge in [0.15, 0.2) is 0 Å². The summed E-state index contributed by atoms with van der Waals surface area (Å²) >= 11 is 0. The highest BCUT2D eigenvalue weighted by molar-refractivity contribution is 5.69. The van der Waals surface area contributed by atoms with Crippen molar-refractivity contribution < 1.29 is 19.5 Å². The second-order valence-corrected chi connectivity index (χ2v) is 6.71. The van der Waals surface area contributed by atoms with Gasteiger partial charge in [-0.1, -0.05) is 36.9 Å². The van der Waals surface area contributed by atoms with Crippen LogP contribution in [0.25, 0.3) is 11.4 Å². The van der Waals surface area contributed by atoms with Gasteiger partial charge in [-0.15, -0.1) is 6.58 Å². The highest BCUT2D eigenvalue weighted by atomic mass is 16.6. The lowest BCUT2D eigenvalue weighted by atomic mass is 10.1. The molecule has 2 aromatic carbocycles. The minimum absolute atomic E-state index is 0.173. The van der Waals surface area contributed by atoms with Crippen molar-refractivity contribution in [2.45, 2.75) is 13.3 Å². The molecule has 0 unspecified atom stereocenters. The molecule has 0 radical (unpaired) electrons. The van der Waals surface area contributed by atoms with Crippen molar-refractivity contribution in [2.24, 2.45) is 0 Å². The normalized spacial score (nSPS) is 10.5. The molecule has 0 aliphatic heterocycles. The Morgan fingerprint density at radius 3 is 2.48 bits per heavy atom. The summed E-state index contributed by atoms with van der Waals surface area (Å²) in [4.78, 5) is 31.3. The number of carbonyl (C=O) groups excluding carboxylic acids is 1. The summed E-state index contributed by atoms with van der Waals surface area (Å²) in [6.45, 7) is 9.11. The first-order chi connectivity index (χ1) is 14.9. The summed E-state index contributed by atoms with van der Waals surface area (Å²) in [6.07, 6.45) is 1.91. The summed E-state index contributed by atoms with van der Waals surface area (Å²) in [6, 6.07) is 13.7. The molecule has 0 spiro atoms. The molecule has 1 heterocycles. The molecule has 1 aromatic heterocycles. The lowest BCUT2D eigenvalue weighted by molar-refractivity contribution is -0.131. The first kappa shape index (κ1) is 21.7. The lowest BCUT2D eigenvalue weighted by Gasteiger charge is -2.10. The molecule has 0 fully saturated rings. The van der Waals surface area contributed by atoms with Gasteiger partial charge in [0, 0.05) is 13.3 Å². The Hall–Kier alpha value is -4.04. The number of carbonyl (C=O) groups is 1. The summed E-state index contributed by atoms with van der Waals surface area (Å²) in [7, 11) is 0. The van der Waals surface area contributed by atoms with E-state index in [1.54, 1.807) is 54.6 Å². The van der Waals surface area contributed by atoms with Gasteiger partial charge in [0.25, 0.3) is 0 Å². The van der Waals surface area contributed by atoms with Gasteiger partial charge in [0.05, 0.1) is 23.7 Å². The third kappa shape index (κ3) is 5.31. The predicted molar refractivity (Wildman–Crippen MR) is 117 cm³/mol. The zero-order valence-electron chi connectivity index (χ0n) is 17.1. The molecule has 0 amide bonds. The number of imidazole rings is 1. The van der Waals surface area contributed by atoms with E-state index in [4.69, 9.17) is 9.57 Å². The second kappa shape index (κ2) is 9.64. The largest absolute Gasteiger partial charge is 0.493 e. The Bertz CT molecular complexity index is 1140. The molecule has 3 N–H and O–H groups in total. The number of benzene rings is 2. The van der Waals surface area contributed by atoms with Gasteiger partial charge in [-0.3, -0.25) is 15.1 Å². The van der Waals surface area contributed by atoms with Crippen molar-refractivity contribution in [1.82, 2.24) is 15.0 Å². The summed E-state index contributed by atoms with van der Waals surface area (Å²) in [5, 5.41) is 10.6. The van der Waals surface area contributed by atoms with Gasteiger partial charge in [0.2, 0.25) is 5.88 Å². The van der Waals surface area contributed by atoms with Gasteiger partial charge in [-0.05, 0) is 35.4 Å². The van der Waals surface area contributed by atoms with Crippen LogP contribution < -0.4 is 15.9 Å². The second-order valence-electron chi connectivity index (χ2n) is 6.71. The molecule has 3 aromatic rings. The van der Waals surface area contributed by atoms with Crippen molar-refractivity contribution in [2.75, 3.05) is 6.61 Å². The minimum atomic E-state index is -0.456. The molecule has 0 aliphatic rings. The molecule has 0 atom stereocenters. The Morgan fingerprint density at radius 1 is 1.19 bits per heavy atom. The van der Waals surface area contributed by atoms with Crippen molar-refractivity contribution in [3.05, 3.63) is 95.1 Å². The average Bonchev–Trinajstić information content (AvgIpc) is 3.02. The van der Waals surface area contributed by atoms with Gasteiger partial charge < -0.3 is 14.8 Å². The van der Waals surface area contributed by atoms with Crippen LogP contribution in [0.3, 0.4) is 0 Å². The van der Waals surface area contributed by atoms with Crippen LogP contribution in [0, 0.1) is 0 Å². The Balaban J connectivity index is 1.76. The highest BCUT2D eigenvalue weighted by Gasteiger charge is 2.15. The van der Waals surface area contributed by atoms with Crippen molar-refractivity contribution in [3.63, 3.8) is 0 Å². The fraction of sp³-hybridized carbons (Fsp3) is 0.130. The van der Waals surface area contributed by atoms with Gasteiger partial charge in [0.1, 0.15) is 5.75 Å². The first-order valence-electron chi connectivity index (χ1n) is 9.47. The maximum absolute atomic E-state index is 12.5. The topological polar surface area (TPSA) is 106 Å². The van der Waals surface area contributed by atoms with Crippen molar-refractivity contribution in [3.8, 4) is 17.3 Å². The van der Waals surface area contributed by atoms with E-state index in [0.717, 1.165) is 11.1 Å². The Labute approximate surface area is 179 Å². The van der Waals surface area contributed by atoms with Crippen molar-refractivity contribution in [1.29, 1.82) is 0 Å². The molecule has 0 bridgehead atoms. The van der Waals surface area contributed by atoms with Crippen molar-refractivity contribution >= 4 is 11.7 Å². The van der Waals surface area contributed by atoms with Crippen LogP contribution in [0.1, 0.15) is 23.7 Å². The zero-order valence-corrected chi connectivity index (χ0v) is 17.1. The average molecular weight is 421 g/mol. The van der Waals surface area contributed by atoms with E-state index < -0.39 is 11.7 Å². The van der Waals surface area contributed by atoms with E-state index >= 15 is 0 Å². The molecule has 3 rings (SSSR count). The standard InChI is InChI=1S/C23H23N3O5/c1-4-13-30-25-15(2)18-7-9-19(10-8-18)26-22(28)21(24-23(26)29)14-17-5-11-20(12-6-17)31-16(3)27/h4-12,25,28H,1-2,13-14H2,3H3,(H,24,29). The number of nitrogens with one attached hydrogen (secondary N) is 2. The number of aromatic nitrogens is 2. The quantitative estimate of drug-likeness (QED) is 0.161. The summed E-state index contributed by atoms with van der Waals surface area (Å²) < 4.78 is 6.20. The summed E-state index contributed by atoms with van der Waals surface area (Å²) in [5.41, 5.74) is 5.28. The number of aromatic hydroxyl groups is 1. The molecule has 0 aliphatic carbocycles. The number of H-pyrrole nitrogens is 1. The van der Waals surface area contributed by atoms with Crippen LogP contribution in [0.2, 0.25) is 0 Å². The number of hydrogen-bond acceptors (Lipinski definition) is 6. The van der Waals surface area contributed by atoms with Crippen LogP contribution in [0.4, 0.5) is 0 Å². The summed E-state index contributed by atoms with van der Waals surface area (Å²) in [5.74, 6) is -0.146. The molecule has 0 saturated carbocycles. The van der Waals surface area contributed by atoms with Gasteiger partial charge in [-0.25, -0.2) is 9.36 Å².